The van der Waals surface area contributed by atoms with Gasteiger partial charge in [0.05, 0.1) is 11.4 Å². The van der Waals surface area contributed by atoms with Crippen LogP contribution < -0.4 is 9.80 Å². The Hall–Kier alpha value is -2.74. The third kappa shape index (κ3) is 2.18. The molecule has 3 aromatic carbocycles. The molecule has 1 aliphatic heterocycles. The van der Waals surface area contributed by atoms with E-state index in [1.54, 1.807) is 0 Å². The maximum atomic E-state index is 2.43. The number of nitrogens with zero attached hydrogens (tertiary/aromatic N) is 2. The molecule has 0 saturated carbocycles. The van der Waals surface area contributed by atoms with Gasteiger partial charge in [0.2, 0.25) is 0 Å². The van der Waals surface area contributed by atoms with Crippen molar-refractivity contribution in [3.8, 4) is 0 Å². The first-order valence-corrected chi connectivity index (χ1v) is 7.99. The summed E-state index contributed by atoms with van der Waals surface area (Å²) in [6, 6.07) is 27.9. The predicted octanol–water partition coefficient (Wildman–Crippen LogP) is 5.28. The van der Waals surface area contributed by atoms with Crippen LogP contribution in [0, 0.1) is 6.92 Å². The van der Waals surface area contributed by atoms with E-state index in [4.69, 9.17) is 0 Å². The number of rotatable bonds is 2. The van der Waals surface area contributed by atoms with E-state index in [-0.39, 0.29) is 6.17 Å². The molecule has 0 spiro atoms. The monoisotopic (exact) mass is 300 g/mol. The van der Waals surface area contributed by atoms with Crippen molar-refractivity contribution in [1.29, 1.82) is 0 Å². The molecule has 0 aliphatic carbocycles. The first kappa shape index (κ1) is 13.9. The Morgan fingerprint density at radius 2 is 1.30 bits per heavy atom. The summed E-state index contributed by atoms with van der Waals surface area (Å²) < 4.78 is 0. The summed E-state index contributed by atoms with van der Waals surface area (Å²) >= 11 is 0. The molecule has 0 radical (unpaired) electrons. The van der Waals surface area contributed by atoms with Gasteiger partial charge in [-0.15, -0.1) is 0 Å². The average molecular weight is 300 g/mol. The van der Waals surface area contributed by atoms with Crippen LogP contribution in [0.3, 0.4) is 0 Å². The molecule has 0 N–H and O–H groups in total. The molecule has 1 heterocycles. The molecule has 0 bridgehead atoms. The van der Waals surface area contributed by atoms with Crippen LogP contribution in [0.2, 0.25) is 0 Å². The minimum atomic E-state index is 0.177. The van der Waals surface area contributed by atoms with Crippen LogP contribution in [-0.2, 0) is 0 Å². The van der Waals surface area contributed by atoms with Crippen LogP contribution in [0.5, 0.6) is 0 Å². The molecule has 0 saturated heterocycles. The molecule has 0 amide bonds. The zero-order valence-electron chi connectivity index (χ0n) is 13.5. The van der Waals surface area contributed by atoms with Crippen molar-refractivity contribution in [2.75, 3.05) is 16.8 Å². The summed E-state index contributed by atoms with van der Waals surface area (Å²) in [5.74, 6) is 0. The third-order valence-electron chi connectivity index (χ3n) is 4.63. The Morgan fingerprint density at radius 3 is 2.04 bits per heavy atom. The van der Waals surface area contributed by atoms with E-state index >= 15 is 0 Å². The Morgan fingerprint density at radius 1 is 0.696 bits per heavy atom. The molecule has 114 valence electrons. The van der Waals surface area contributed by atoms with Gasteiger partial charge in [0.25, 0.3) is 0 Å². The van der Waals surface area contributed by atoms with Gasteiger partial charge in [-0.2, -0.15) is 0 Å². The zero-order chi connectivity index (χ0) is 15.8. The van der Waals surface area contributed by atoms with Gasteiger partial charge in [0.15, 0.2) is 0 Å². The van der Waals surface area contributed by atoms with E-state index in [1.165, 1.54) is 28.2 Å². The molecule has 3 aromatic rings. The predicted molar refractivity (Wildman–Crippen MR) is 97.3 cm³/mol. The number of hydrogen-bond donors (Lipinski definition) is 0. The first-order valence-electron chi connectivity index (χ1n) is 7.99. The smallest absolute Gasteiger partial charge is 0.133 e. The first-order chi connectivity index (χ1) is 11.3. The molecule has 2 nitrogen and oxygen atoms in total. The fourth-order valence-electron chi connectivity index (χ4n) is 3.50. The Labute approximate surface area is 137 Å². The van der Waals surface area contributed by atoms with E-state index < -0.39 is 0 Å². The van der Waals surface area contributed by atoms with Gasteiger partial charge >= 0.3 is 0 Å². The normalized spacial score (nSPS) is 16.5. The Kier molecular flexibility index (Phi) is 3.30. The SMILES string of the molecule is Cc1ccccc1C1N(C)c2ccccc2N1c1ccccc1. The minimum absolute atomic E-state index is 0.177. The number of hydrogen-bond acceptors (Lipinski definition) is 2. The Balaban J connectivity index is 1.93. The number of para-hydroxylation sites is 3. The molecule has 1 unspecified atom stereocenters. The summed E-state index contributed by atoms with van der Waals surface area (Å²) in [6.07, 6.45) is 0.177. The second-order valence-electron chi connectivity index (χ2n) is 6.04. The van der Waals surface area contributed by atoms with Crippen molar-refractivity contribution in [3.63, 3.8) is 0 Å². The van der Waals surface area contributed by atoms with Crippen LogP contribution in [0.1, 0.15) is 17.3 Å². The van der Waals surface area contributed by atoms with Crippen LogP contribution in [-0.4, -0.2) is 7.05 Å². The van der Waals surface area contributed by atoms with Gasteiger partial charge in [-0.25, -0.2) is 0 Å². The largest absolute Gasteiger partial charge is 0.348 e. The highest BCUT2D eigenvalue weighted by molar-refractivity contribution is 5.84. The average Bonchev–Trinajstić information content (AvgIpc) is 2.89. The molecule has 1 aliphatic rings. The van der Waals surface area contributed by atoms with Gasteiger partial charge in [-0.3, -0.25) is 0 Å². The molecule has 23 heavy (non-hydrogen) atoms. The van der Waals surface area contributed by atoms with Crippen molar-refractivity contribution in [2.45, 2.75) is 13.1 Å². The second kappa shape index (κ2) is 5.47. The van der Waals surface area contributed by atoms with Gasteiger partial charge in [0.1, 0.15) is 6.17 Å². The second-order valence-corrected chi connectivity index (χ2v) is 6.04. The zero-order valence-corrected chi connectivity index (χ0v) is 13.5. The minimum Gasteiger partial charge on any atom is -0.348 e. The summed E-state index contributed by atoms with van der Waals surface area (Å²) in [6.45, 7) is 2.19. The van der Waals surface area contributed by atoms with Gasteiger partial charge in [-0.05, 0) is 42.3 Å². The van der Waals surface area contributed by atoms with Crippen LogP contribution in [0.15, 0.2) is 78.9 Å². The van der Waals surface area contributed by atoms with Crippen LogP contribution >= 0.6 is 0 Å². The highest BCUT2D eigenvalue weighted by atomic mass is 15.4. The van der Waals surface area contributed by atoms with Crippen molar-refractivity contribution in [3.05, 3.63) is 90.0 Å². The molecule has 0 fully saturated rings. The van der Waals surface area contributed by atoms with E-state index in [2.05, 4.69) is 103 Å². The van der Waals surface area contributed by atoms with Crippen LogP contribution in [0.25, 0.3) is 0 Å². The van der Waals surface area contributed by atoms with Gasteiger partial charge in [0, 0.05) is 12.7 Å². The molecule has 1 atom stereocenters. The lowest BCUT2D eigenvalue weighted by Crippen LogP contribution is -2.30. The Bertz CT molecular complexity index is 826. The highest BCUT2D eigenvalue weighted by Gasteiger charge is 2.35. The van der Waals surface area contributed by atoms with E-state index in [0.717, 1.165) is 0 Å². The number of aryl methyl sites for hydroxylation is 1. The quantitative estimate of drug-likeness (QED) is 0.635. The molecule has 2 heteroatoms. The lowest BCUT2D eigenvalue weighted by molar-refractivity contribution is 0.714. The summed E-state index contributed by atoms with van der Waals surface area (Å²) in [5.41, 5.74) is 6.41. The standard InChI is InChI=1S/C21H20N2/c1-16-10-6-7-13-18(16)21-22(2)19-14-8-9-15-20(19)23(21)17-11-4-3-5-12-17/h3-15,21H,1-2H3. The topological polar surface area (TPSA) is 6.48 Å². The van der Waals surface area contributed by atoms with E-state index in [9.17, 15) is 0 Å². The van der Waals surface area contributed by atoms with Crippen molar-refractivity contribution < 1.29 is 0 Å². The number of benzene rings is 3. The van der Waals surface area contributed by atoms with Crippen molar-refractivity contribution in [1.82, 2.24) is 0 Å². The molecule has 0 aromatic heterocycles. The van der Waals surface area contributed by atoms with Gasteiger partial charge in [-0.1, -0.05) is 54.6 Å². The third-order valence-corrected chi connectivity index (χ3v) is 4.63. The van der Waals surface area contributed by atoms with Crippen molar-refractivity contribution >= 4 is 17.1 Å². The molecule has 4 rings (SSSR count). The summed E-state index contributed by atoms with van der Waals surface area (Å²) in [7, 11) is 2.18. The maximum Gasteiger partial charge on any atom is 0.133 e. The van der Waals surface area contributed by atoms with Crippen molar-refractivity contribution in [2.24, 2.45) is 0 Å². The molecular formula is C21H20N2. The fourth-order valence-corrected chi connectivity index (χ4v) is 3.50. The lowest BCUT2D eigenvalue weighted by Gasteiger charge is -2.32. The van der Waals surface area contributed by atoms with E-state index in [1.807, 2.05) is 0 Å². The summed E-state index contributed by atoms with van der Waals surface area (Å²) in [5, 5.41) is 0. The van der Waals surface area contributed by atoms with E-state index in [0.29, 0.717) is 0 Å². The number of fused-ring (bicyclic) bond motifs is 1. The maximum absolute atomic E-state index is 2.43. The molecular weight excluding hydrogens is 280 g/mol. The fraction of sp³-hybridized carbons (Fsp3) is 0.143. The lowest BCUT2D eigenvalue weighted by atomic mass is 10.0. The summed E-state index contributed by atoms with van der Waals surface area (Å²) in [4.78, 5) is 4.79. The number of anilines is 3. The van der Waals surface area contributed by atoms with Crippen LogP contribution in [0.4, 0.5) is 17.1 Å². The highest BCUT2D eigenvalue weighted by Crippen LogP contribution is 2.49. The van der Waals surface area contributed by atoms with Gasteiger partial charge < -0.3 is 9.80 Å².